The molecule has 0 aliphatic rings. The van der Waals surface area contributed by atoms with E-state index >= 15 is 0 Å². The van der Waals surface area contributed by atoms with Gasteiger partial charge in [-0.15, -0.1) is 24.0 Å². The van der Waals surface area contributed by atoms with Gasteiger partial charge >= 0.3 is 6.09 Å². The number of nitrogens with zero attached hydrogens (tertiary/aromatic N) is 2. The molecule has 30 heavy (non-hydrogen) atoms. The van der Waals surface area contributed by atoms with Gasteiger partial charge < -0.3 is 25.0 Å². The molecule has 0 radical (unpaired) electrons. The Morgan fingerprint density at radius 3 is 2.27 bits per heavy atom. The molecule has 0 bridgehead atoms. The summed E-state index contributed by atoms with van der Waals surface area (Å²) in [5.41, 5.74) is 1.70. The summed E-state index contributed by atoms with van der Waals surface area (Å²) in [7, 11) is 3.50. The molecule has 0 aliphatic carbocycles. The zero-order valence-corrected chi connectivity index (χ0v) is 21.8. The molecule has 8 heteroatoms. The molecule has 0 atom stereocenters. The second-order valence-corrected chi connectivity index (χ2v) is 8.28. The van der Waals surface area contributed by atoms with Crippen molar-refractivity contribution in [3.05, 3.63) is 35.4 Å². The highest BCUT2D eigenvalue weighted by molar-refractivity contribution is 14.0. The van der Waals surface area contributed by atoms with Crippen LogP contribution in [0.25, 0.3) is 0 Å². The number of carbonyl (C=O) groups is 1. The van der Waals surface area contributed by atoms with Crippen molar-refractivity contribution < 1.29 is 14.3 Å². The largest absolute Gasteiger partial charge is 0.444 e. The Hall–Kier alpha value is -1.55. The van der Waals surface area contributed by atoms with Crippen molar-refractivity contribution in [3.63, 3.8) is 0 Å². The number of benzene rings is 1. The predicted molar refractivity (Wildman–Crippen MR) is 133 cm³/mol. The third-order valence-corrected chi connectivity index (χ3v) is 3.90. The highest BCUT2D eigenvalue weighted by atomic mass is 127. The van der Waals surface area contributed by atoms with E-state index in [1.54, 1.807) is 19.0 Å². The third-order valence-electron chi connectivity index (χ3n) is 3.90. The van der Waals surface area contributed by atoms with Gasteiger partial charge in [-0.25, -0.2) is 4.79 Å². The van der Waals surface area contributed by atoms with Gasteiger partial charge in [0.2, 0.25) is 0 Å². The van der Waals surface area contributed by atoms with E-state index in [2.05, 4.69) is 27.8 Å². The van der Waals surface area contributed by atoms with Crippen molar-refractivity contribution in [1.82, 2.24) is 15.5 Å². The maximum Gasteiger partial charge on any atom is 0.410 e. The Balaban J connectivity index is 0.00000841. The van der Waals surface area contributed by atoms with E-state index in [-0.39, 0.29) is 36.2 Å². The Kier molecular flexibility index (Phi) is 13.7. The van der Waals surface area contributed by atoms with Crippen molar-refractivity contribution in [2.75, 3.05) is 27.2 Å². The maximum absolute atomic E-state index is 12.1. The summed E-state index contributed by atoms with van der Waals surface area (Å²) in [5.74, 6) is 0.767. The van der Waals surface area contributed by atoms with Crippen LogP contribution in [0.3, 0.4) is 0 Å². The van der Waals surface area contributed by atoms with Crippen LogP contribution in [0, 0.1) is 0 Å². The van der Waals surface area contributed by atoms with Crippen LogP contribution >= 0.6 is 24.0 Å². The lowest BCUT2D eigenvalue weighted by Gasteiger charge is -2.24. The minimum Gasteiger partial charge on any atom is -0.444 e. The number of amides is 1. The molecule has 7 nitrogen and oxygen atoms in total. The molecule has 1 aromatic carbocycles. The number of rotatable bonds is 9. The average molecular weight is 534 g/mol. The van der Waals surface area contributed by atoms with Crippen LogP contribution in [0.2, 0.25) is 0 Å². The summed E-state index contributed by atoms with van der Waals surface area (Å²) in [6, 6.07) is 8.15. The normalized spacial score (nSPS) is 11.7. The van der Waals surface area contributed by atoms with Gasteiger partial charge in [0.25, 0.3) is 0 Å². The number of carbonyl (C=O) groups excluding carboxylic acids is 1. The van der Waals surface area contributed by atoms with E-state index < -0.39 is 5.60 Å². The first-order chi connectivity index (χ1) is 13.6. The van der Waals surface area contributed by atoms with Gasteiger partial charge in [-0.2, -0.15) is 0 Å². The Labute approximate surface area is 199 Å². The van der Waals surface area contributed by atoms with Gasteiger partial charge in [-0.1, -0.05) is 24.3 Å². The minimum absolute atomic E-state index is 0. The molecule has 0 unspecified atom stereocenters. The Morgan fingerprint density at radius 2 is 1.73 bits per heavy atom. The second-order valence-electron chi connectivity index (χ2n) is 8.28. The highest BCUT2D eigenvalue weighted by Gasteiger charge is 2.19. The van der Waals surface area contributed by atoms with Gasteiger partial charge in [0.05, 0.1) is 6.10 Å². The van der Waals surface area contributed by atoms with Crippen LogP contribution in [0.15, 0.2) is 29.3 Å². The van der Waals surface area contributed by atoms with Crippen LogP contribution in [0.1, 0.15) is 52.2 Å². The lowest BCUT2D eigenvalue weighted by molar-refractivity contribution is 0.0285. The van der Waals surface area contributed by atoms with Crippen LogP contribution in [-0.2, 0) is 22.6 Å². The molecular formula is C22H39IN4O3. The van der Waals surface area contributed by atoms with Crippen LogP contribution in [-0.4, -0.2) is 55.9 Å². The molecule has 0 saturated heterocycles. The first-order valence-corrected chi connectivity index (χ1v) is 10.2. The van der Waals surface area contributed by atoms with Crippen molar-refractivity contribution in [2.45, 2.75) is 65.8 Å². The number of nitrogens with one attached hydrogen (secondary N) is 2. The van der Waals surface area contributed by atoms with E-state index in [9.17, 15) is 4.79 Å². The zero-order valence-electron chi connectivity index (χ0n) is 19.4. The molecular weight excluding hydrogens is 495 g/mol. The van der Waals surface area contributed by atoms with Gasteiger partial charge in [0, 0.05) is 40.3 Å². The molecule has 0 fully saturated rings. The molecule has 0 spiro atoms. The molecule has 0 heterocycles. The van der Waals surface area contributed by atoms with Crippen molar-refractivity contribution in [3.8, 4) is 0 Å². The molecule has 2 N–H and O–H groups in total. The standard InChI is InChI=1S/C22H38N4O3.HI/c1-17(2)28-14-8-13-24-20(23-6)25-15-18-9-11-19(12-10-18)16-26(7)21(27)29-22(3,4)5;/h9-12,17H,8,13-16H2,1-7H3,(H2,23,24,25);1H. The molecule has 0 aromatic heterocycles. The molecule has 172 valence electrons. The average Bonchev–Trinajstić information content (AvgIpc) is 2.63. The Bertz CT molecular complexity index is 643. The summed E-state index contributed by atoms with van der Waals surface area (Å²) in [5, 5.41) is 6.59. The number of guanidine groups is 1. The smallest absolute Gasteiger partial charge is 0.410 e. The first kappa shape index (κ1) is 28.5. The maximum atomic E-state index is 12.1. The van der Waals surface area contributed by atoms with Gasteiger partial charge in [-0.05, 0) is 52.2 Å². The predicted octanol–water partition coefficient (Wildman–Crippen LogP) is 4.15. The fourth-order valence-electron chi connectivity index (χ4n) is 2.45. The summed E-state index contributed by atoms with van der Waals surface area (Å²) in [6.45, 7) is 12.4. The van der Waals surface area contributed by atoms with E-state index in [0.29, 0.717) is 13.1 Å². The SMILES string of the molecule is CN=C(NCCCOC(C)C)NCc1ccc(CN(C)C(=O)OC(C)(C)C)cc1.I. The van der Waals surface area contributed by atoms with Crippen molar-refractivity contribution >= 4 is 36.0 Å². The number of aliphatic imine (C=N–C) groups is 1. The molecule has 1 rings (SSSR count). The van der Waals surface area contributed by atoms with E-state index in [1.165, 1.54) is 0 Å². The molecule has 0 aliphatic heterocycles. The van der Waals surface area contributed by atoms with Gasteiger partial charge in [0.15, 0.2) is 5.96 Å². The zero-order chi connectivity index (χ0) is 21.9. The van der Waals surface area contributed by atoms with E-state index in [4.69, 9.17) is 9.47 Å². The summed E-state index contributed by atoms with van der Waals surface area (Å²) in [6.07, 6.45) is 0.870. The molecule has 1 amide bonds. The van der Waals surface area contributed by atoms with Crippen LogP contribution in [0.4, 0.5) is 4.79 Å². The second kappa shape index (κ2) is 14.5. The third kappa shape index (κ3) is 12.9. The lowest BCUT2D eigenvalue weighted by atomic mass is 10.1. The van der Waals surface area contributed by atoms with Crippen molar-refractivity contribution in [2.24, 2.45) is 4.99 Å². The van der Waals surface area contributed by atoms with Gasteiger partial charge in [-0.3, -0.25) is 4.99 Å². The molecule has 1 aromatic rings. The summed E-state index contributed by atoms with van der Waals surface area (Å²) >= 11 is 0. The quantitative estimate of drug-likeness (QED) is 0.216. The highest BCUT2D eigenvalue weighted by Crippen LogP contribution is 2.12. The number of hydrogen-bond donors (Lipinski definition) is 2. The van der Waals surface area contributed by atoms with Crippen LogP contribution in [0.5, 0.6) is 0 Å². The summed E-state index contributed by atoms with van der Waals surface area (Å²) < 4.78 is 10.9. The first-order valence-electron chi connectivity index (χ1n) is 10.2. The molecule has 0 saturated carbocycles. The monoisotopic (exact) mass is 534 g/mol. The van der Waals surface area contributed by atoms with Crippen molar-refractivity contribution in [1.29, 1.82) is 0 Å². The minimum atomic E-state index is -0.491. The number of halogens is 1. The number of hydrogen-bond acceptors (Lipinski definition) is 4. The fourth-order valence-corrected chi connectivity index (χ4v) is 2.45. The van der Waals surface area contributed by atoms with Gasteiger partial charge in [0.1, 0.15) is 5.60 Å². The summed E-state index contributed by atoms with van der Waals surface area (Å²) in [4.78, 5) is 17.9. The fraction of sp³-hybridized carbons (Fsp3) is 0.636. The van der Waals surface area contributed by atoms with Crippen LogP contribution < -0.4 is 10.6 Å². The van der Waals surface area contributed by atoms with E-state index in [0.717, 1.165) is 36.7 Å². The topological polar surface area (TPSA) is 75.2 Å². The van der Waals surface area contributed by atoms with E-state index in [1.807, 2.05) is 46.8 Å². The Morgan fingerprint density at radius 1 is 1.13 bits per heavy atom. The number of ether oxygens (including phenoxy) is 2. The lowest BCUT2D eigenvalue weighted by Crippen LogP contribution is -2.37.